The van der Waals surface area contributed by atoms with Gasteiger partial charge in [-0.05, 0) is 18.4 Å². The first-order valence-electron chi connectivity index (χ1n) is 7.96. The molecule has 3 rings (SSSR count). The number of fused-ring (bicyclic) bond motifs is 1. The molecule has 2 aromatic carbocycles. The van der Waals surface area contributed by atoms with Gasteiger partial charge in [-0.2, -0.15) is 0 Å². The average Bonchev–Trinajstić information content (AvgIpc) is 2.54. The first-order chi connectivity index (χ1) is 10.7. The number of amides is 1. The second kappa shape index (κ2) is 6.90. The molecule has 1 aliphatic rings. The normalized spacial score (nSPS) is 19.2. The van der Waals surface area contributed by atoms with Crippen molar-refractivity contribution in [3.05, 3.63) is 42.5 Å². The second-order valence-electron chi connectivity index (χ2n) is 5.91. The Labute approximate surface area is 131 Å². The maximum absolute atomic E-state index is 12.3. The van der Waals surface area contributed by atoms with Crippen molar-refractivity contribution in [2.75, 3.05) is 31.5 Å². The van der Waals surface area contributed by atoms with E-state index in [0.29, 0.717) is 12.5 Å². The van der Waals surface area contributed by atoms with Crippen LogP contribution in [0.1, 0.15) is 13.3 Å². The summed E-state index contributed by atoms with van der Waals surface area (Å²) in [5.74, 6) is 0.0853. The molecule has 0 unspecified atom stereocenters. The SMILES string of the molecule is C[C@H]1CNCCN1CCC(=O)Nc1cccc2ccccc12. The molecule has 0 spiro atoms. The average molecular weight is 297 g/mol. The first-order valence-corrected chi connectivity index (χ1v) is 7.96. The summed E-state index contributed by atoms with van der Waals surface area (Å²) >= 11 is 0. The van der Waals surface area contributed by atoms with E-state index in [9.17, 15) is 4.79 Å². The van der Waals surface area contributed by atoms with Crippen LogP contribution in [0.15, 0.2) is 42.5 Å². The van der Waals surface area contributed by atoms with Crippen molar-refractivity contribution in [1.29, 1.82) is 0 Å². The van der Waals surface area contributed by atoms with Crippen LogP contribution in [0.25, 0.3) is 10.8 Å². The summed E-state index contributed by atoms with van der Waals surface area (Å²) in [6.07, 6.45) is 0.535. The van der Waals surface area contributed by atoms with E-state index in [0.717, 1.165) is 42.6 Å². The number of anilines is 1. The van der Waals surface area contributed by atoms with E-state index in [-0.39, 0.29) is 5.91 Å². The minimum Gasteiger partial charge on any atom is -0.325 e. The molecular weight excluding hydrogens is 274 g/mol. The summed E-state index contributed by atoms with van der Waals surface area (Å²) in [7, 11) is 0. The maximum atomic E-state index is 12.3. The van der Waals surface area contributed by atoms with Crippen molar-refractivity contribution in [1.82, 2.24) is 10.2 Å². The summed E-state index contributed by atoms with van der Waals surface area (Å²) in [5.41, 5.74) is 0.899. The third kappa shape index (κ3) is 3.46. The smallest absolute Gasteiger partial charge is 0.225 e. The largest absolute Gasteiger partial charge is 0.325 e. The minimum absolute atomic E-state index is 0.0853. The lowest BCUT2D eigenvalue weighted by Crippen LogP contribution is -2.50. The third-order valence-electron chi connectivity index (χ3n) is 4.33. The highest BCUT2D eigenvalue weighted by Crippen LogP contribution is 2.23. The number of benzene rings is 2. The van der Waals surface area contributed by atoms with Crippen LogP contribution in [0.3, 0.4) is 0 Å². The van der Waals surface area contributed by atoms with Crippen molar-refractivity contribution >= 4 is 22.4 Å². The highest BCUT2D eigenvalue weighted by molar-refractivity contribution is 6.02. The molecule has 0 aliphatic carbocycles. The number of hydrogen-bond acceptors (Lipinski definition) is 3. The van der Waals surface area contributed by atoms with E-state index in [2.05, 4.69) is 34.6 Å². The van der Waals surface area contributed by atoms with Crippen LogP contribution < -0.4 is 10.6 Å². The van der Waals surface area contributed by atoms with Crippen LogP contribution in [-0.4, -0.2) is 43.0 Å². The molecule has 2 aromatic rings. The number of nitrogens with zero attached hydrogens (tertiary/aromatic N) is 1. The van der Waals surface area contributed by atoms with Gasteiger partial charge in [-0.3, -0.25) is 9.69 Å². The van der Waals surface area contributed by atoms with Gasteiger partial charge in [0.1, 0.15) is 0 Å². The van der Waals surface area contributed by atoms with E-state index in [4.69, 9.17) is 0 Å². The number of rotatable bonds is 4. The van der Waals surface area contributed by atoms with Gasteiger partial charge in [0, 0.05) is 49.7 Å². The summed E-state index contributed by atoms with van der Waals surface area (Å²) in [6.45, 7) is 6.05. The van der Waals surface area contributed by atoms with Crippen LogP contribution in [0.4, 0.5) is 5.69 Å². The van der Waals surface area contributed by atoms with Crippen molar-refractivity contribution in [3.63, 3.8) is 0 Å². The van der Waals surface area contributed by atoms with Gasteiger partial charge in [-0.15, -0.1) is 0 Å². The Morgan fingerprint density at radius 2 is 2.09 bits per heavy atom. The number of hydrogen-bond donors (Lipinski definition) is 2. The molecule has 4 nitrogen and oxygen atoms in total. The van der Waals surface area contributed by atoms with Crippen LogP contribution in [0.5, 0.6) is 0 Å². The number of carbonyl (C=O) groups excluding carboxylic acids is 1. The van der Waals surface area contributed by atoms with Gasteiger partial charge in [-0.1, -0.05) is 36.4 Å². The molecule has 1 amide bonds. The Kier molecular flexibility index (Phi) is 4.71. The van der Waals surface area contributed by atoms with Gasteiger partial charge in [0.05, 0.1) is 0 Å². The van der Waals surface area contributed by atoms with E-state index in [1.54, 1.807) is 0 Å². The zero-order valence-corrected chi connectivity index (χ0v) is 13.0. The minimum atomic E-state index is 0.0853. The fraction of sp³-hybridized carbons (Fsp3) is 0.389. The molecule has 1 saturated heterocycles. The quantitative estimate of drug-likeness (QED) is 0.911. The molecule has 1 atom stereocenters. The van der Waals surface area contributed by atoms with Crippen LogP contribution in [0.2, 0.25) is 0 Å². The summed E-state index contributed by atoms with van der Waals surface area (Å²) < 4.78 is 0. The lowest BCUT2D eigenvalue weighted by Gasteiger charge is -2.33. The molecule has 0 aromatic heterocycles. The number of nitrogens with one attached hydrogen (secondary N) is 2. The zero-order chi connectivity index (χ0) is 15.4. The zero-order valence-electron chi connectivity index (χ0n) is 13.0. The fourth-order valence-corrected chi connectivity index (χ4v) is 3.01. The monoisotopic (exact) mass is 297 g/mol. The molecule has 1 fully saturated rings. The Morgan fingerprint density at radius 3 is 2.95 bits per heavy atom. The number of piperazine rings is 1. The van der Waals surface area contributed by atoms with Crippen molar-refractivity contribution in [3.8, 4) is 0 Å². The molecule has 1 heterocycles. The summed E-state index contributed by atoms with van der Waals surface area (Å²) in [4.78, 5) is 14.6. The fourth-order valence-electron chi connectivity index (χ4n) is 3.01. The molecule has 22 heavy (non-hydrogen) atoms. The van der Waals surface area contributed by atoms with Crippen LogP contribution in [0, 0.1) is 0 Å². The predicted octanol–water partition coefficient (Wildman–Crippen LogP) is 2.46. The van der Waals surface area contributed by atoms with E-state index < -0.39 is 0 Å². The summed E-state index contributed by atoms with van der Waals surface area (Å²) in [5, 5.41) is 8.67. The highest BCUT2D eigenvalue weighted by Gasteiger charge is 2.18. The molecule has 4 heteroatoms. The molecular formula is C18H23N3O. The van der Waals surface area contributed by atoms with Gasteiger partial charge >= 0.3 is 0 Å². The molecule has 0 radical (unpaired) electrons. The Hall–Kier alpha value is -1.91. The molecule has 0 bridgehead atoms. The predicted molar refractivity (Wildman–Crippen MR) is 91.1 cm³/mol. The highest BCUT2D eigenvalue weighted by atomic mass is 16.1. The van der Waals surface area contributed by atoms with E-state index >= 15 is 0 Å². The molecule has 0 saturated carbocycles. The van der Waals surface area contributed by atoms with Gasteiger partial charge in [0.15, 0.2) is 0 Å². The Bertz CT molecular complexity index is 650. The lowest BCUT2D eigenvalue weighted by molar-refractivity contribution is -0.116. The summed E-state index contributed by atoms with van der Waals surface area (Å²) in [6, 6.07) is 14.6. The van der Waals surface area contributed by atoms with Crippen molar-refractivity contribution in [2.24, 2.45) is 0 Å². The lowest BCUT2D eigenvalue weighted by atomic mass is 10.1. The Balaban J connectivity index is 1.61. The van der Waals surface area contributed by atoms with Crippen LogP contribution in [-0.2, 0) is 4.79 Å². The van der Waals surface area contributed by atoms with Gasteiger partial charge < -0.3 is 10.6 Å². The maximum Gasteiger partial charge on any atom is 0.225 e. The third-order valence-corrected chi connectivity index (χ3v) is 4.33. The molecule has 116 valence electrons. The molecule has 1 aliphatic heterocycles. The Morgan fingerprint density at radius 1 is 1.27 bits per heavy atom. The topological polar surface area (TPSA) is 44.4 Å². The second-order valence-corrected chi connectivity index (χ2v) is 5.91. The standard InChI is InChI=1S/C18H23N3O/c1-14-13-19-10-12-21(14)11-9-18(22)20-17-8-4-6-15-5-2-3-7-16(15)17/h2-8,14,19H,9-13H2,1H3,(H,20,22)/t14-/m0/s1. The van der Waals surface area contributed by atoms with E-state index in [1.807, 2.05) is 30.3 Å². The van der Waals surface area contributed by atoms with Gasteiger partial charge in [-0.25, -0.2) is 0 Å². The number of carbonyl (C=O) groups is 1. The molecule has 2 N–H and O–H groups in total. The van der Waals surface area contributed by atoms with Crippen molar-refractivity contribution < 1.29 is 4.79 Å². The first kappa shape index (κ1) is 15.0. The van der Waals surface area contributed by atoms with Gasteiger partial charge in [0.2, 0.25) is 5.91 Å². The van der Waals surface area contributed by atoms with Crippen molar-refractivity contribution in [2.45, 2.75) is 19.4 Å². The van der Waals surface area contributed by atoms with Gasteiger partial charge in [0.25, 0.3) is 0 Å². The van der Waals surface area contributed by atoms with Crippen LogP contribution >= 0.6 is 0 Å². The van der Waals surface area contributed by atoms with E-state index in [1.165, 1.54) is 0 Å².